The molecule has 0 amide bonds. The second kappa shape index (κ2) is 14.8. The lowest BCUT2D eigenvalue weighted by atomic mass is 9.78. The van der Waals surface area contributed by atoms with Crippen molar-refractivity contribution in [2.24, 2.45) is 0 Å². The molecule has 2 N–H and O–H groups in total. The molecule has 2 aromatic rings. The summed E-state index contributed by atoms with van der Waals surface area (Å²) in [7, 11) is -3.62. The molecule has 0 bridgehead atoms. The van der Waals surface area contributed by atoms with E-state index in [0.29, 0.717) is 19.1 Å². The van der Waals surface area contributed by atoms with E-state index in [1.54, 1.807) is 24.3 Å². The average molecular weight is 589 g/mol. The van der Waals surface area contributed by atoms with Gasteiger partial charge in [-0.25, -0.2) is 0 Å². The van der Waals surface area contributed by atoms with Crippen molar-refractivity contribution in [3.8, 4) is 17.2 Å². The van der Waals surface area contributed by atoms with E-state index in [4.69, 9.17) is 13.6 Å². The Labute approximate surface area is 242 Å². The lowest BCUT2D eigenvalue weighted by Crippen LogP contribution is -2.46. The molecule has 0 spiro atoms. The Morgan fingerprint density at radius 1 is 0.750 bits per heavy atom. The van der Waals surface area contributed by atoms with Crippen LogP contribution >= 0.6 is 0 Å². The van der Waals surface area contributed by atoms with Crippen LogP contribution in [0.25, 0.3) is 0 Å². The quantitative estimate of drug-likeness (QED) is 0.0901. The van der Waals surface area contributed by atoms with E-state index in [-0.39, 0.29) is 35.6 Å². The van der Waals surface area contributed by atoms with Crippen LogP contribution in [0.3, 0.4) is 0 Å². The van der Waals surface area contributed by atoms with Gasteiger partial charge in [0, 0.05) is 18.3 Å². The summed E-state index contributed by atoms with van der Waals surface area (Å²) in [4.78, 5) is 24.5. The predicted octanol–water partition coefficient (Wildman–Crippen LogP) is 7.59. The SMILES string of the molecule is CC(C)(c1ccc(O)cc1)c1ccc(O)c(OC(=O)CCCCCCCCC(=O)OC[Si](C)(C)O[Si](C)(C)C)c1. The fraction of sp³-hybridized carbons (Fsp3) is 0.548. The van der Waals surface area contributed by atoms with Crippen LogP contribution in [0.1, 0.15) is 76.3 Å². The third-order valence-corrected chi connectivity index (χ3v) is 12.2. The van der Waals surface area contributed by atoms with Crippen LogP contribution in [0.15, 0.2) is 42.5 Å². The van der Waals surface area contributed by atoms with Crippen LogP contribution in [0.2, 0.25) is 32.7 Å². The minimum absolute atomic E-state index is 0.0772. The van der Waals surface area contributed by atoms with Crippen molar-refractivity contribution >= 4 is 28.6 Å². The first kappa shape index (κ1) is 33.6. The van der Waals surface area contributed by atoms with E-state index in [0.717, 1.165) is 43.2 Å². The van der Waals surface area contributed by atoms with Crippen molar-refractivity contribution in [2.75, 3.05) is 6.23 Å². The minimum atomic E-state index is -1.98. The molecule has 0 aliphatic heterocycles. The van der Waals surface area contributed by atoms with Gasteiger partial charge in [0.05, 0.1) is 0 Å². The number of hydrogen-bond acceptors (Lipinski definition) is 7. The molecule has 0 heterocycles. The number of carbonyl (C=O) groups excluding carboxylic acids is 2. The third-order valence-electron chi connectivity index (χ3n) is 6.67. The number of phenols is 2. The molecule has 0 aliphatic carbocycles. The number of hydrogen-bond donors (Lipinski definition) is 2. The van der Waals surface area contributed by atoms with Gasteiger partial charge in [-0.2, -0.15) is 0 Å². The topological polar surface area (TPSA) is 102 Å². The number of phenolic OH excluding ortho intramolecular Hbond substituents is 2. The molecule has 0 saturated carbocycles. The first-order chi connectivity index (χ1) is 18.6. The van der Waals surface area contributed by atoms with Crippen LogP contribution in [-0.2, 0) is 23.9 Å². The van der Waals surface area contributed by atoms with Crippen LogP contribution in [0, 0.1) is 0 Å². The zero-order valence-corrected chi connectivity index (χ0v) is 27.3. The molecule has 2 rings (SSSR count). The maximum absolute atomic E-state index is 12.4. The van der Waals surface area contributed by atoms with Gasteiger partial charge in [0.2, 0.25) is 8.32 Å². The highest BCUT2D eigenvalue weighted by Gasteiger charge is 2.31. The number of carbonyl (C=O) groups is 2. The largest absolute Gasteiger partial charge is 0.508 e. The molecule has 0 aromatic heterocycles. The van der Waals surface area contributed by atoms with Gasteiger partial charge in [-0.05, 0) is 81.0 Å². The highest BCUT2D eigenvalue weighted by molar-refractivity contribution is 6.84. The van der Waals surface area contributed by atoms with Crippen LogP contribution in [0.4, 0.5) is 0 Å². The zero-order valence-electron chi connectivity index (χ0n) is 25.3. The molecular weight excluding hydrogens is 541 g/mol. The summed E-state index contributed by atoms with van der Waals surface area (Å²) in [6, 6.07) is 12.0. The monoisotopic (exact) mass is 588 g/mol. The third kappa shape index (κ3) is 11.9. The Kier molecular flexibility index (Phi) is 12.5. The number of benzene rings is 2. The van der Waals surface area contributed by atoms with E-state index in [1.165, 1.54) is 0 Å². The first-order valence-corrected chi connectivity index (χ1v) is 20.8. The lowest BCUT2D eigenvalue weighted by Gasteiger charge is -2.30. The van der Waals surface area contributed by atoms with Crippen molar-refractivity contribution < 1.29 is 33.4 Å². The van der Waals surface area contributed by atoms with Crippen molar-refractivity contribution in [2.45, 2.75) is 103 Å². The van der Waals surface area contributed by atoms with Crippen LogP contribution < -0.4 is 4.74 Å². The second-order valence-corrected chi connectivity index (χ2v) is 21.4. The van der Waals surface area contributed by atoms with Gasteiger partial charge >= 0.3 is 11.9 Å². The molecular formula is C31H48O7Si2. The van der Waals surface area contributed by atoms with Crippen molar-refractivity contribution in [1.29, 1.82) is 0 Å². The van der Waals surface area contributed by atoms with Crippen LogP contribution in [0.5, 0.6) is 17.2 Å². The summed E-state index contributed by atoms with van der Waals surface area (Å²) in [5.74, 6) is -0.251. The summed E-state index contributed by atoms with van der Waals surface area (Å²) >= 11 is 0. The maximum atomic E-state index is 12.4. The Balaban J connectivity index is 1.66. The van der Waals surface area contributed by atoms with Gasteiger partial charge < -0.3 is 23.8 Å². The van der Waals surface area contributed by atoms with Crippen molar-refractivity contribution in [1.82, 2.24) is 0 Å². The van der Waals surface area contributed by atoms with Gasteiger partial charge in [0.25, 0.3) is 0 Å². The standard InChI is InChI=1S/C31H48O7Si2/c1-31(2,24-16-19-26(32)20-17-24)25-18-21-27(33)28(22-25)37-30(35)15-13-11-9-8-10-12-14-29(34)36-23-40(6,7)38-39(3,4)5/h16-22,32-33H,8-15,23H2,1-7H3. The summed E-state index contributed by atoms with van der Waals surface area (Å²) in [5, 5.41) is 19.9. The van der Waals surface area contributed by atoms with Gasteiger partial charge in [-0.3, -0.25) is 9.59 Å². The van der Waals surface area contributed by atoms with E-state index < -0.39 is 22.0 Å². The molecule has 0 unspecified atom stereocenters. The smallest absolute Gasteiger partial charge is 0.311 e. The second-order valence-electron chi connectivity index (χ2n) is 12.6. The first-order valence-electron chi connectivity index (χ1n) is 14.3. The van der Waals surface area contributed by atoms with Crippen molar-refractivity contribution in [3.05, 3.63) is 53.6 Å². The summed E-state index contributed by atoms with van der Waals surface area (Å²) in [5.41, 5.74) is 1.45. The van der Waals surface area contributed by atoms with E-state index in [2.05, 4.69) is 32.7 Å². The number of ether oxygens (including phenoxy) is 2. The Hall–Kier alpha value is -2.63. The molecule has 0 radical (unpaired) electrons. The molecule has 0 fully saturated rings. The fourth-order valence-electron chi connectivity index (χ4n) is 4.63. The molecule has 40 heavy (non-hydrogen) atoms. The number of esters is 2. The Bertz CT molecular complexity index is 1110. The summed E-state index contributed by atoms with van der Waals surface area (Å²) in [6.07, 6.45) is 6.43. The molecule has 0 atom stereocenters. The van der Waals surface area contributed by atoms with Gasteiger partial charge in [-0.1, -0.05) is 57.7 Å². The molecule has 2 aromatic carbocycles. The minimum Gasteiger partial charge on any atom is -0.508 e. The van der Waals surface area contributed by atoms with Gasteiger partial charge in [-0.15, -0.1) is 0 Å². The molecule has 7 nitrogen and oxygen atoms in total. The fourth-order valence-corrected chi connectivity index (χ4v) is 12.0. The summed E-state index contributed by atoms with van der Waals surface area (Å²) < 4.78 is 17.2. The highest BCUT2D eigenvalue weighted by Crippen LogP contribution is 2.37. The van der Waals surface area contributed by atoms with E-state index >= 15 is 0 Å². The Morgan fingerprint density at radius 2 is 1.27 bits per heavy atom. The molecule has 0 saturated heterocycles. The van der Waals surface area contributed by atoms with Crippen LogP contribution in [-0.4, -0.2) is 45.0 Å². The van der Waals surface area contributed by atoms with E-state index in [1.807, 2.05) is 32.0 Å². The number of rotatable bonds is 16. The molecule has 222 valence electrons. The summed E-state index contributed by atoms with van der Waals surface area (Å²) in [6.45, 7) is 14.7. The number of unbranched alkanes of at least 4 members (excludes halogenated alkanes) is 5. The van der Waals surface area contributed by atoms with Crippen molar-refractivity contribution in [3.63, 3.8) is 0 Å². The zero-order chi connectivity index (χ0) is 30.0. The maximum Gasteiger partial charge on any atom is 0.311 e. The highest BCUT2D eigenvalue weighted by atomic mass is 28.4. The van der Waals surface area contributed by atoms with Gasteiger partial charge in [0.1, 0.15) is 12.0 Å². The predicted molar refractivity (Wildman–Crippen MR) is 164 cm³/mol. The van der Waals surface area contributed by atoms with E-state index in [9.17, 15) is 19.8 Å². The average Bonchev–Trinajstić information content (AvgIpc) is 2.84. The lowest BCUT2D eigenvalue weighted by molar-refractivity contribution is -0.142. The number of aromatic hydroxyl groups is 2. The molecule has 9 heteroatoms. The molecule has 0 aliphatic rings. The Morgan fingerprint density at radius 3 is 1.85 bits per heavy atom. The van der Waals surface area contributed by atoms with Gasteiger partial charge in [0.15, 0.2) is 19.8 Å². The normalized spacial score (nSPS) is 12.3.